The fourth-order valence-corrected chi connectivity index (χ4v) is 2.65. The molecule has 2 N–H and O–H groups in total. The minimum absolute atomic E-state index is 0.0676. The molecule has 6 nitrogen and oxygen atoms in total. The van der Waals surface area contributed by atoms with Gasteiger partial charge in [0.15, 0.2) is 0 Å². The summed E-state index contributed by atoms with van der Waals surface area (Å²) in [4.78, 5) is 12.0. The van der Waals surface area contributed by atoms with E-state index in [1.807, 2.05) is 6.92 Å². The highest BCUT2D eigenvalue weighted by Crippen LogP contribution is 2.18. The van der Waals surface area contributed by atoms with E-state index in [1.165, 1.54) is 18.4 Å². The van der Waals surface area contributed by atoms with Gasteiger partial charge in [-0.05, 0) is 32.7 Å². The van der Waals surface area contributed by atoms with Crippen LogP contribution in [0, 0.1) is 0 Å². The lowest BCUT2D eigenvalue weighted by atomic mass is 9.90. The molecule has 0 aromatic carbocycles. The maximum atomic E-state index is 12.0. The fourth-order valence-electron chi connectivity index (χ4n) is 1.92. The molecule has 1 amide bonds. The predicted molar refractivity (Wildman–Crippen MR) is 70.7 cm³/mol. The van der Waals surface area contributed by atoms with Gasteiger partial charge >= 0.3 is 0 Å². The second-order valence-corrected chi connectivity index (χ2v) is 7.37. The standard InChI is InChI=1S/C11H23N3O3S/c1-11(6-4-5-7-13-11)10(15)12-8-9-18(16,17)14(2)3/h13H,4-9H2,1-3H3,(H,12,15). The molecule has 0 spiro atoms. The molecule has 18 heavy (non-hydrogen) atoms. The van der Waals surface area contributed by atoms with Crippen LogP contribution >= 0.6 is 0 Å². The number of hydrogen-bond acceptors (Lipinski definition) is 4. The Morgan fingerprint density at radius 3 is 2.56 bits per heavy atom. The van der Waals surface area contributed by atoms with Gasteiger partial charge in [0, 0.05) is 20.6 Å². The normalized spacial score (nSPS) is 25.1. The molecule has 1 rings (SSSR count). The van der Waals surface area contributed by atoms with Crippen molar-refractivity contribution in [3.05, 3.63) is 0 Å². The largest absolute Gasteiger partial charge is 0.353 e. The summed E-state index contributed by atoms with van der Waals surface area (Å²) in [5, 5.41) is 5.89. The summed E-state index contributed by atoms with van der Waals surface area (Å²) in [6.45, 7) is 2.85. The molecular weight excluding hydrogens is 254 g/mol. The quantitative estimate of drug-likeness (QED) is 0.712. The third-order valence-electron chi connectivity index (χ3n) is 3.32. The minimum Gasteiger partial charge on any atom is -0.353 e. The third-order valence-corrected chi connectivity index (χ3v) is 5.15. The van der Waals surface area contributed by atoms with Crippen molar-refractivity contribution in [1.29, 1.82) is 0 Å². The zero-order valence-corrected chi connectivity index (χ0v) is 12.1. The summed E-state index contributed by atoms with van der Waals surface area (Å²) >= 11 is 0. The number of hydrogen-bond donors (Lipinski definition) is 2. The molecule has 0 bridgehead atoms. The number of nitrogens with one attached hydrogen (secondary N) is 2. The van der Waals surface area contributed by atoms with Crippen molar-refractivity contribution in [3.63, 3.8) is 0 Å². The first-order chi connectivity index (χ1) is 8.28. The van der Waals surface area contributed by atoms with Crippen molar-refractivity contribution in [2.24, 2.45) is 0 Å². The Balaban J connectivity index is 2.42. The van der Waals surface area contributed by atoms with Crippen LogP contribution < -0.4 is 10.6 Å². The first-order valence-electron chi connectivity index (χ1n) is 6.21. The predicted octanol–water partition coefficient (Wildman–Crippen LogP) is -0.474. The molecular formula is C11H23N3O3S. The van der Waals surface area contributed by atoms with E-state index in [0.29, 0.717) is 0 Å². The molecule has 1 unspecified atom stereocenters. The van der Waals surface area contributed by atoms with Gasteiger partial charge in [0.05, 0.1) is 11.3 Å². The Bertz CT molecular complexity index is 386. The first kappa shape index (κ1) is 15.4. The highest BCUT2D eigenvalue weighted by atomic mass is 32.2. The van der Waals surface area contributed by atoms with E-state index in [2.05, 4.69) is 10.6 Å². The molecule has 0 aliphatic carbocycles. The van der Waals surface area contributed by atoms with Crippen LogP contribution in [0.25, 0.3) is 0 Å². The lowest BCUT2D eigenvalue weighted by molar-refractivity contribution is -0.127. The molecule has 7 heteroatoms. The van der Waals surface area contributed by atoms with Crippen LogP contribution in [0.4, 0.5) is 0 Å². The van der Waals surface area contributed by atoms with Crippen molar-refractivity contribution in [2.45, 2.75) is 31.7 Å². The van der Waals surface area contributed by atoms with Crippen LogP contribution in [-0.2, 0) is 14.8 Å². The lowest BCUT2D eigenvalue weighted by Crippen LogP contribution is -2.57. The number of carbonyl (C=O) groups excluding carboxylic acids is 1. The Kier molecular flexibility index (Phi) is 5.12. The zero-order chi connectivity index (χ0) is 13.8. The van der Waals surface area contributed by atoms with Gasteiger partial charge < -0.3 is 10.6 Å². The maximum Gasteiger partial charge on any atom is 0.240 e. The number of sulfonamides is 1. The van der Waals surface area contributed by atoms with Crippen molar-refractivity contribution < 1.29 is 13.2 Å². The zero-order valence-electron chi connectivity index (χ0n) is 11.3. The van der Waals surface area contributed by atoms with Crippen molar-refractivity contribution in [3.8, 4) is 0 Å². The van der Waals surface area contributed by atoms with E-state index < -0.39 is 15.6 Å². The van der Waals surface area contributed by atoms with Gasteiger partial charge in [0.25, 0.3) is 0 Å². The van der Waals surface area contributed by atoms with E-state index >= 15 is 0 Å². The molecule has 1 atom stereocenters. The van der Waals surface area contributed by atoms with E-state index in [4.69, 9.17) is 0 Å². The average molecular weight is 277 g/mol. The summed E-state index contributed by atoms with van der Waals surface area (Å²) in [6.07, 6.45) is 2.89. The van der Waals surface area contributed by atoms with Crippen LogP contribution in [0.2, 0.25) is 0 Å². The van der Waals surface area contributed by atoms with E-state index in [-0.39, 0.29) is 18.2 Å². The SMILES string of the molecule is CN(C)S(=O)(=O)CCNC(=O)C1(C)CCCCN1. The summed E-state index contributed by atoms with van der Waals surface area (Å²) in [6, 6.07) is 0. The third kappa shape index (κ3) is 3.93. The van der Waals surface area contributed by atoms with Crippen molar-refractivity contribution in [2.75, 3.05) is 32.9 Å². The number of rotatable bonds is 5. The monoisotopic (exact) mass is 277 g/mol. The second-order valence-electron chi connectivity index (χ2n) is 5.07. The molecule has 0 saturated carbocycles. The number of carbonyl (C=O) groups is 1. The van der Waals surface area contributed by atoms with Crippen LogP contribution in [0.15, 0.2) is 0 Å². The highest BCUT2D eigenvalue weighted by molar-refractivity contribution is 7.89. The molecule has 1 aliphatic heterocycles. The number of nitrogens with zero attached hydrogens (tertiary/aromatic N) is 1. The van der Waals surface area contributed by atoms with Gasteiger partial charge in [-0.2, -0.15) is 0 Å². The molecule has 0 aromatic rings. The highest BCUT2D eigenvalue weighted by Gasteiger charge is 2.34. The van der Waals surface area contributed by atoms with Crippen LogP contribution in [0.5, 0.6) is 0 Å². The van der Waals surface area contributed by atoms with E-state index in [9.17, 15) is 13.2 Å². The Morgan fingerprint density at radius 1 is 1.39 bits per heavy atom. The van der Waals surface area contributed by atoms with E-state index in [0.717, 1.165) is 25.8 Å². The maximum absolute atomic E-state index is 12.0. The summed E-state index contributed by atoms with van der Waals surface area (Å²) in [5.41, 5.74) is -0.555. The molecule has 106 valence electrons. The summed E-state index contributed by atoms with van der Waals surface area (Å²) in [5.74, 6) is -0.182. The number of amides is 1. The molecule has 1 heterocycles. The van der Waals surface area contributed by atoms with Gasteiger partial charge in [0.1, 0.15) is 0 Å². The van der Waals surface area contributed by atoms with Gasteiger partial charge in [-0.3, -0.25) is 4.79 Å². The fraction of sp³-hybridized carbons (Fsp3) is 0.909. The Labute approximate surface area is 109 Å². The van der Waals surface area contributed by atoms with Gasteiger partial charge in [-0.15, -0.1) is 0 Å². The lowest BCUT2D eigenvalue weighted by Gasteiger charge is -2.33. The van der Waals surface area contributed by atoms with Crippen molar-refractivity contribution >= 4 is 15.9 Å². The van der Waals surface area contributed by atoms with Gasteiger partial charge in [-0.1, -0.05) is 0 Å². The van der Waals surface area contributed by atoms with Gasteiger partial charge in [-0.25, -0.2) is 12.7 Å². The van der Waals surface area contributed by atoms with Crippen molar-refractivity contribution in [1.82, 2.24) is 14.9 Å². The number of piperidine rings is 1. The second kappa shape index (κ2) is 5.99. The average Bonchev–Trinajstić information content (AvgIpc) is 2.29. The van der Waals surface area contributed by atoms with Gasteiger partial charge in [0.2, 0.25) is 15.9 Å². The molecule has 1 saturated heterocycles. The summed E-state index contributed by atoms with van der Waals surface area (Å²) < 4.78 is 24.2. The Hall–Kier alpha value is -0.660. The minimum atomic E-state index is -3.25. The summed E-state index contributed by atoms with van der Waals surface area (Å²) in [7, 11) is -0.272. The molecule has 1 aliphatic rings. The van der Waals surface area contributed by atoms with Crippen LogP contribution in [0.3, 0.4) is 0 Å². The van der Waals surface area contributed by atoms with E-state index in [1.54, 1.807) is 0 Å². The first-order valence-corrected chi connectivity index (χ1v) is 7.82. The Morgan fingerprint density at radius 2 is 2.06 bits per heavy atom. The smallest absolute Gasteiger partial charge is 0.240 e. The topological polar surface area (TPSA) is 78.5 Å². The molecule has 0 radical (unpaired) electrons. The van der Waals surface area contributed by atoms with Crippen LogP contribution in [-0.4, -0.2) is 57.1 Å². The van der Waals surface area contributed by atoms with Crippen LogP contribution in [0.1, 0.15) is 26.2 Å². The molecule has 1 fully saturated rings. The molecule has 0 aromatic heterocycles.